The van der Waals surface area contributed by atoms with Crippen molar-refractivity contribution >= 4 is 21.7 Å². The number of aryl methyl sites for hydroxylation is 2. The second-order valence-corrected chi connectivity index (χ2v) is 4.80. The van der Waals surface area contributed by atoms with Gasteiger partial charge in [-0.05, 0) is 34.5 Å². The number of ether oxygens (including phenoxy) is 1. The summed E-state index contributed by atoms with van der Waals surface area (Å²) in [4.78, 5) is 0. The molecule has 3 N–H and O–H groups in total. The summed E-state index contributed by atoms with van der Waals surface area (Å²) in [6, 6.07) is 3.53. The van der Waals surface area contributed by atoms with Gasteiger partial charge in [-0.25, -0.2) is 0 Å². The topological polar surface area (TPSA) is 73.3 Å². The van der Waals surface area contributed by atoms with E-state index in [9.17, 15) is 5.11 Å². The molecule has 0 aliphatic carbocycles. The van der Waals surface area contributed by atoms with Crippen LogP contribution in [0, 0.1) is 6.92 Å². The molecule has 2 aromatic rings. The minimum atomic E-state index is 0.0577. The Hall–Kier alpha value is -1.69. The lowest BCUT2D eigenvalue weighted by Gasteiger charge is -2.11. The van der Waals surface area contributed by atoms with Gasteiger partial charge in [0.15, 0.2) is 11.5 Å². The zero-order chi connectivity index (χ0) is 13.4. The molecule has 0 aliphatic heterocycles. The highest BCUT2D eigenvalue weighted by Crippen LogP contribution is 2.43. The first-order valence-corrected chi connectivity index (χ1v) is 6.11. The molecule has 0 unspecified atom stereocenters. The molecule has 0 saturated carbocycles. The Kier molecular flexibility index (Phi) is 3.21. The van der Waals surface area contributed by atoms with Crippen molar-refractivity contribution in [2.24, 2.45) is 7.05 Å². The quantitative estimate of drug-likeness (QED) is 0.893. The second kappa shape index (κ2) is 4.53. The maximum Gasteiger partial charge on any atom is 0.172 e. The van der Waals surface area contributed by atoms with Crippen LogP contribution < -0.4 is 10.5 Å². The van der Waals surface area contributed by atoms with Crippen molar-refractivity contribution in [1.29, 1.82) is 0 Å². The van der Waals surface area contributed by atoms with Crippen LogP contribution in [0.15, 0.2) is 16.6 Å². The first-order valence-electron chi connectivity index (χ1n) is 5.31. The lowest BCUT2D eigenvalue weighted by molar-refractivity contribution is 0.372. The zero-order valence-electron chi connectivity index (χ0n) is 10.4. The van der Waals surface area contributed by atoms with Gasteiger partial charge in [0.1, 0.15) is 5.82 Å². The molecule has 0 fully saturated rings. The lowest BCUT2D eigenvalue weighted by Crippen LogP contribution is -1.97. The molecule has 96 valence electrons. The first-order chi connectivity index (χ1) is 8.45. The average molecular weight is 312 g/mol. The van der Waals surface area contributed by atoms with Crippen molar-refractivity contribution < 1.29 is 9.84 Å². The van der Waals surface area contributed by atoms with Crippen LogP contribution >= 0.6 is 15.9 Å². The zero-order valence-corrected chi connectivity index (χ0v) is 11.9. The highest BCUT2D eigenvalue weighted by molar-refractivity contribution is 9.10. The molecule has 0 saturated heterocycles. The minimum absolute atomic E-state index is 0.0577. The summed E-state index contributed by atoms with van der Waals surface area (Å²) in [5.74, 6) is 1.04. The molecule has 5 nitrogen and oxygen atoms in total. The number of benzene rings is 1. The number of hydrogen-bond acceptors (Lipinski definition) is 4. The Morgan fingerprint density at radius 3 is 2.61 bits per heavy atom. The van der Waals surface area contributed by atoms with Gasteiger partial charge in [-0.2, -0.15) is 5.10 Å². The van der Waals surface area contributed by atoms with E-state index in [2.05, 4.69) is 21.0 Å². The predicted molar refractivity (Wildman–Crippen MR) is 73.7 cm³/mol. The molecule has 1 heterocycles. The van der Waals surface area contributed by atoms with E-state index in [1.54, 1.807) is 23.9 Å². The predicted octanol–water partition coefficient (Wildman–Crippen LogP) is 2.45. The van der Waals surface area contributed by atoms with E-state index in [0.717, 1.165) is 11.1 Å². The number of anilines is 1. The van der Waals surface area contributed by atoms with Crippen LogP contribution in [0.3, 0.4) is 0 Å². The number of nitrogens with two attached hydrogens (primary N) is 1. The van der Waals surface area contributed by atoms with Gasteiger partial charge in [-0.1, -0.05) is 0 Å². The van der Waals surface area contributed by atoms with Crippen molar-refractivity contribution in [1.82, 2.24) is 9.78 Å². The van der Waals surface area contributed by atoms with E-state index in [-0.39, 0.29) is 5.75 Å². The molecule has 18 heavy (non-hydrogen) atoms. The maximum atomic E-state index is 10.0. The number of nitrogen functional groups attached to an aromatic ring is 1. The summed E-state index contributed by atoms with van der Waals surface area (Å²) >= 11 is 3.37. The number of phenols is 1. The number of aromatic nitrogens is 2. The van der Waals surface area contributed by atoms with Gasteiger partial charge < -0.3 is 15.6 Å². The van der Waals surface area contributed by atoms with Gasteiger partial charge >= 0.3 is 0 Å². The van der Waals surface area contributed by atoms with E-state index in [4.69, 9.17) is 10.5 Å². The fourth-order valence-electron chi connectivity index (χ4n) is 1.81. The Morgan fingerprint density at radius 1 is 1.44 bits per heavy atom. The Bertz CT molecular complexity index is 588. The summed E-state index contributed by atoms with van der Waals surface area (Å²) in [5.41, 5.74) is 8.22. The standard InChI is InChI=1S/C12H14BrN3O2/c1-6-4-8(18-3)12(17)11(13)10(6)7-5-9(14)16(2)15-7/h4-5,17H,14H2,1-3H3. The van der Waals surface area contributed by atoms with Crippen LogP contribution in [0.1, 0.15) is 5.56 Å². The van der Waals surface area contributed by atoms with Gasteiger partial charge in [0.2, 0.25) is 0 Å². The Morgan fingerprint density at radius 2 is 2.11 bits per heavy atom. The van der Waals surface area contributed by atoms with Crippen molar-refractivity contribution in [3.05, 3.63) is 22.2 Å². The number of halogens is 1. The van der Waals surface area contributed by atoms with Crippen LogP contribution in [-0.2, 0) is 7.05 Å². The molecule has 0 atom stereocenters. The van der Waals surface area contributed by atoms with Gasteiger partial charge in [0.05, 0.1) is 17.3 Å². The normalized spacial score (nSPS) is 10.7. The molecule has 2 rings (SSSR count). The highest BCUT2D eigenvalue weighted by atomic mass is 79.9. The SMILES string of the molecule is COc1cc(C)c(-c2cc(N)n(C)n2)c(Br)c1O. The summed E-state index contributed by atoms with van der Waals surface area (Å²) in [5, 5.41) is 14.3. The average Bonchev–Trinajstić information content (AvgIpc) is 2.64. The van der Waals surface area contributed by atoms with Crippen LogP contribution in [0.5, 0.6) is 11.5 Å². The number of phenolic OH excluding ortho intramolecular Hbond substituents is 1. The minimum Gasteiger partial charge on any atom is -0.503 e. The van der Waals surface area contributed by atoms with Gasteiger partial charge in [0.25, 0.3) is 0 Å². The summed E-state index contributed by atoms with van der Waals surface area (Å²) in [6.45, 7) is 1.92. The molecular weight excluding hydrogens is 298 g/mol. The molecule has 0 radical (unpaired) electrons. The van der Waals surface area contributed by atoms with Crippen LogP contribution in [0.2, 0.25) is 0 Å². The number of aromatic hydroxyl groups is 1. The largest absolute Gasteiger partial charge is 0.503 e. The molecular formula is C12H14BrN3O2. The molecule has 0 amide bonds. The van der Waals surface area contributed by atoms with Gasteiger partial charge in [-0.15, -0.1) is 0 Å². The number of methoxy groups -OCH3 is 1. The number of nitrogens with zero attached hydrogens (tertiary/aromatic N) is 2. The smallest absolute Gasteiger partial charge is 0.172 e. The number of rotatable bonds is 2. The van der Waals surface area contributed by atoms with Crippen molar-refractivity contribution in [2.75, 3.05) is 12.8 Å². The monoisotopic (exact) mass is 311 g/mol. The third-order valence-electron chi connectivity index (χ3n) is 2.79. The van der Waals surface area contributed by atoms with Gasteiger partial charge in [-0.3, -0.25) is 4.68 Å². The maximum absolute atomic E-state index is 10.0. The molecule has 0 aliphatic rings. The fraction of sp³-hybridized carbons (Fsp3) is 0.250. The molecule has 6 heteroatoms. The van der Waals surface area contributed by atoms with E-state index in [0.29, 0.717) is 21.7 Å². The van der Waals surface area contributed by atoms with Crippen LogP contribution in [-0.4, -0.2) is 22.0 Å². The van der Waals surface area contributed by atoms with E-state index in [1.165, 1.54) is 7.11 Å². The van der Waals surface area contributed by atoms with E-state index in [1.807, 2.05) is 6.92 Å². The fourth-order valence-corrected chi connectivity index (χ4v) is 2.52. The van der Waals surface area contributed by atoms with Crippen LogP contribution in [0.25, 0.3) is 11.3 Å². The first kappa shape index (κ1) is 12.8. The van der Waals surface area contributed by atoms with E-state index < -0.39 is 0 Å². The Balaban J connectivity index is 2.68. The van der Waals surface area contributed by atoms with Crippen LogP contribution in [0.4, 0.5) is 5.82 Å². The third-order valence-corrected chi connectivity index (χ3v) is 3.57. The van der Waals surface area contributed by atoms with Gasteiger partial charge in [0, 0.05) is 18.7 Å². The lowest BCUT2D eigenvalue weighted by atomic mass is 10.0. The molecule has 1 aromatic heterocycles. The highest BCUT2D eigenvalue weighted by Gasteiger charge is 2.18. The third kappa shape index (κ3) is 1.92. The summed E-state index contributed by atoms with van der Waals surface area (Å²) < 4.78 is 7.24. The van der Waals surface area contributed by atoms with Crippen molar-refractivity contribution in [2.45, 2.75) is 6.92 Å². The summed E-state index contributed by atoms with van der Waals surface area (Å²) in [7, 11) is 3.28. The van der Waals surface area contributed by atoms with E-state index >= 15 is 0 Å². The van der Waals surface area contributed by atoms with Crippen molar-refractivity contribution in [3.63, 3.8) is 0 Å². The summed E-state index contributed by atoms with van der Waals surface area (Å²) in [6.07, 6.45) is 0. The molecule has 0 spiro atoms. The molecule has 0 bridgehead atoms. The number of hydrogen-bond donors (Lipinski definition) is 2. The second-order valence-electron chi connectivity index (χ2n) is 4.01. The molecule has 1 aromatic carbocycles. The van der Waals surface area contributed by atoms with Crippen molar-refractivity contribution in [3.8, 4) is 22.8 Å². The Labute approximate surface area is 113 Å².